The van der Waals surface area contributed by atoms with Crippen molar-refractivity contribution in [2.24, 2.45) is 0 Å². The number of carbonyl (C=O) groups is 2. The average molecular weight is 402 g/mol. The Labute approximate surface area is 166 Å². The summed E-state index contributed by atoms with van der Waals surface area (Å²) < 4.78 is 4.97. The summed E-state index contributed by atoms with van der Waals surface area (Å²) in [6.07, 6.45) is 0.0935. The molecular formula is C19H16ClN3O5. The number of esters is 1. The summed E-state index contributed by atoms with van der Waals surface area (Å²) in [4.78, 5) is 36.4. The molecule has 9 heteroatoms. The van der Waals surface area contributed by atoms with Crippen molar-refractivity contribution in [2.45, 2.75) is 13.3 Å². The maximum atomic E-state index is 12.5. The standard InChI is InChI=1S/C19H16ClN3O5/c1-13-3-6-15(7-4-13)22(10-2-9-21)18(24)12-28-19(25)16-8-5-14(20)11-17(16)23(26)27/h3-8,11H,2,10,12H2,1H3. The minimum Gasteiger partial charge on any atom is -0.452 e. The summed E-state index contributed by atoms with van der Waals surface area (Å²) in [5.74, 6) is -1.56. The monoisotopic (exact) mass is 401 g/mol. The van der Waals surface area contributed by atoms with Gasteiger partial charge in [-0.1, -0.05) is 29.3 Å². The average Bonchev–Trinajstić information content (AvgIpc) is 2.67. The van der Waals surface area contributed by atoms with Crippen LogP contribution < -0.4 is 4.90 Å². The minimum atomic E-state index is -1.01. The van der Waals surface area contributed by atoms with Crippen LogP contribution in [0.3, 0.4) is 0 Å². The third-order valence-electron chi connectivity index (χ3n) is 3.80. The van der Waals surface area contributed by atoms with Crippen LogP contribution in [0.1, 0.15) is 22.3 Å². The number of rotatable bonds is 7. The fourth-order valence-electron chi connectivity index (χ4n) is 2.40. The molecule has 0 unspecified atom stereocenters. The summed E-state index contributed by atoms with van der Waals surface area (Å²) in [7, 11) is 0. The Morgan fingerprint density at radius 3 is 2.54 bits per heavy atom. The molecular weight excluding hydrogens is 386 g/mol. The van der Waals surface area contributed by atoms with Crippen molar-refractivity contribution in [3.63, 3.8) is 0 Å². The molecule has 0 aromatic heterocycles. The van der Waals surface area contributed by atoms with Crippen LogP contribution in [-0.2, 0) is 9.53 Å². The second-order valence-electron chi connectivity index (χ2n) is 5.78. The fourth-order valence-corrected chi connectivity index (χ4v) is 2.56. The Kier molecular flexibility index (Phi) is 7.07. The molecule has 0 atom stereocenters. The number of nitro benzene ring substituents is 1. The highest BCUT2D eigenvalue weighted by atomic mass is 35.5. The van der Waals surface area contributed by atoms with Crippen molar-refractivity contribution in [3.8, 4) is 6.07 Å². The van der Waals surface area contributed by atoms with Gasteiger partial charge >= 0.3 is 5.97 Å². The number of amides is 1. The number of anilines is 1. The number of halogens is 1. The Bertz CT molecular complexity index is 938. The molecule has 0 saturated heterocycles. The second kappa shape index (κ2) is 9.48. The largest absolute Gasteiger partial charge is 0.452 e. The number of benzene rings is 2. The van der Waals surface area contributed by atoms with E-state index < -0.39 is 29.1 Å². The number of nitriles is 1. The lowest BCUT2D eigenvalue weighted by Gasteiger charge is -2.21. The molecule has 0 radical (unpaired) electrons. The van der Waals surface area contributed by atoms with Crippen LogP contribution in [0.2, 0.25) is 5.02 Å². The first kappa shape index (κ1) is 20.9. The van der Waals surface area contributed by atoms with E-state index in [9.17, 15) is 19.7 Å². The lowest BCUT2D eigenvalue weighted by atomic mass is 10.2. The van der Waals surface area contributed by atoms with Gasteiger partial charge in [0.2, 0.25) is 0 Å². The summed E-state index contributed by atoms with van der Waals surface area (Å²) >= 11 is 5.72. The normalized spacial score (nSPS) is 10.0. The summed E-state index contributed by atoms with van der Waals surface area (Å²) in [6, 6.07) is 12.5. The number of hydrogen-bond acceptors (Lipinski definition) is 6. The van der Waals surface area contributed by atoms with E-state index in [2.05, 4.69) is 0 Å². The van der Waals surface area contributed by atoms with Gasteiger partial charge in [0.25, 0.3) is 11.6 Å². The quantitative estimate of drug-likeness (QED) is 0.397. The molecule has 0 heterocycles. The smallest absolute Gasteiger partial charge is 0.345 e. The van der Waals surface area contributed by atoms with Gasteiger partial charge in [-0.15, -0.1) is 0 Å². The SMILES string of the molecule is Cc1ccc(N(CCC#N)C(=O)COC(=O)c2ccc(Cl)cc2[N+](=O)[O-])cc1. The zero-order chi connectivity index (χ0) is 20.7. The molecule has 0 spiro atoms. The van der Waals surface area contributed by atoms with Gasteiger partial charge in [0.05, 0.1) is 17.4 Å². The van der Waals surface area contributed by atoms with Crippen LogP contribution in [0.5, 0.6) is 0 Å². The van der Waals surface area contributed by atoms with Gasteiger partial charge in [-0.25, -0.2) is 4.79 Å². The molecule has 2 rings (SSSR count). The van der Waals surface area contributed by atoms with Gasteiger partial charge in [0.15, 0.2) is 6.61 Å². The van der Waals surface area contributed by atoms with Crippen molar-refractivity contribution in [1.29, 1.82) is 5.26 Å². The van der Waals surface area contributed by atoms with E-state index in [-0.39, 0.29) is 23.6 Å². The molecule has 0 saturated carbocycles. The lowest BCUT2D eigenvalue weighted by Crippen LogP contribution is -2.35. The lowest BCUT2D eigenvalue weighted by molar-refractivity contribution is -0.385. The van der Waals surface area contributed by atoms with Crippen molar-refractivity contribution in [3.05, 3.63) is 68.7 Å². The molecule has 0 aliphatic heterocycles. The van der Waals surface area contributed by atoms with Crippen molar-refractivity contribution in [2.75, 3.05) is 18.1 Å². The highest BCUT2D eigenvalue weighted by Crippen LogP contribution is 2.24. The highest BCUT2D eigenvalue weighted by Gasteiger charge is 2.24. The summed E-state index contributed by atoms with van der Waals surface area (Å²) in [5.41, 5.74) is 0.739. The van der Waals surface area contributed by atoms with Crippen molar-refractivity contribution < 1.29 is 19.2 Å². The Morgan fingerprint density at radius 2 is 1.93 bits per heavy atom. The molecule has 0 aliphatic carbocycles. The Hall–Kier alpha value is -3.44. The molecule has 144 valence electrons. The first-order chi connectivity index (χ1) is 13.3. The predicted octanol–water partition coefficient (Wildman–Crippen LogP) is 3.66. The van der Waals surface area contributed by atoms with Crippen LogP contribution in [0.15, 0.2) is 42.5 Å². The molecule has 0 N–H and O–H groups in total. The maximum Gasteiger partial charge on any atom is 0.345 e. The fraction of sp³-hybridized carbons (Fsp3) is 0.211. The van der Waals surface area contributed by atoms with Gasteiger partial charge in [-0.05, 0) is 31.2 Å². The zero-order valence-corrected chi connectivity index (χ0v) is 15.7. The Morgan fingerprint density at radius 1 is 1.25 bits per heavy atom. The van der Waals surface area contributed by atoms with Crippen molar-refractivity contribution >= 4 is 34.9 Å². The number of nitro groups is 1. The second-order valence-corrected chi connectivity index (χ2v) is 6.22. The number of ether oxygens (including phenoxy) is 1. The van der Waals surface area contributed by atoms with Crippen LogP contribution in [0, 0.1) is 28.4 Å². The molecule has 2 aromatic carbocycles. The van der Waals surface area contributed by atoms with E-state index in [1.807, 2.05) is 25.1 Å². The van der Waals surface area contributed by atoms with Gasteiger partial charge in [0.1, 0.15) is 5.56 Å². The first-order valence-corrected chi connectivity index (χ1v) is 8.56. The molecule has 0 aliphatic rings. The van der Waals surface area contributed by atoms with Gasteiger partial charge < -0.3 is 9.64 Å². The Balaban J connectivity index is 2.14. The summed E-state index contributed by atoms with van der Waals surface area (Å²) in [6.45, 7) is 1.39. The molecule has 28 heavy (non-hydrogen) atoms. The minimum absolute atomic E-state index is 0.0935. The number of carbonyl (C=O) groups excluding carboxylic acids is 2. The number of nitrogens with zero attached hydrogens (tertiary/aromatic N) is 3. The molecule has 8 nitrogen and oxygen atoms in total. The van der Waals surface area contributed by atoms with E-state index in [0.717, 1.165) is 11.6 Å². The van der Waals surface area contributed by atoms with Gasteiger partial charge in [-0.3, -0.25) is 14.9 Å². The summed E-state index contributed by atoms with van der Waals surface area (Å²) in [5, 5.41) is 20.0. The number of hydrogen-bond donors (Lipinski definition) is 0. The number of aryl methyl sites for hydroxylation is 1. The van der Waals surface area contributed by atoms with Gasteiger partial charge in [0, 0.05) is 23.3 Å². The van der Waals surface area contributed by atoms with Gasteiger partial charge in [-0.2, -0.15) is 5.26 Å². The van der Waals surface area contributed by atoms with E-state index in [1.54, 1.807) is 12.1 Å². The molecule has 0 bridgehead atoms. The predicted molar refractivity (Wildman–Crippen MR) is 102 cm³/mol. The van der Waals surface area contributed by atoms with Crippen LogP contribution in [0.4, 0.5) is 11.4 Å². The molecule has 2 aromatic rings. The van der Waals surface area contributed by atoms with E-state index >= 15 is 0 Å². The third kappa shape index (κ3) is 5.28. The van der Waals surface area contributed by atoms with Crippen LogP contribution in [0.25, 0.3) is 0 Å². The van der Waals surface area contributed by atoms with Crippen molar-refractivity contribution in [1.82, 2.24) is 0 Å². The zero-order valence-electron chi connectivity index (χ0n) is 14.9. The third-order valence-corrected chi connectivity index (χ3v) is 4.03. The highest BCUT2D eigenvalue weighted by molar-refractivity contribution is 6.31. The topological polar surface area (TPSA) is 114 Å². The first-order valence-electron chi connectivity index (χ1n) is 8.18. The maximum absolute atomic E-state index is 12.5. The molecule has 0 fully saturated rings. The van der Waals surface area contributed by atoms with E-state index in [0.29, 0.717) is 5.69 Å². The van der Waals surface area contributed by atoms with Crippen LogP contribution in [-0.4, -0.2) is 30.0 Å². The van der Waals surface area contributed by atoms with Crippen LogP contribution >= 0.6 is 11.6 Å². The molecule has 1 amide bonds. The van der Waals surface area contributed by atoms with E-state index in [1.165, 1.54) is 17.0 Å². The van der Waals surface area contributed by atoms with E-state index in [4.69, 9.17) is 21.6 Å².